The number of esters is 1. The number of nitrogens with one attached hydrogen (secondary N) is 1. The minimum atomic E-state index is -3.52. The van der Waals surface area contributed by atoms with Crippen molar-refractivity contribution < 1.29 is 17.9 Å². The number of ether oxygens (including phenoxy) is 1. The molecule has 1 N–H and O–H groups in total. The second-order valence-corrected chi connectivity index (χ2v) is 6.54. The van der Waals surface area contributed by atoms with Gasteiger partial charge in [-0.2, -0.15) is 12.7 Å². The first-order valence-electron chi connectivity index (χ1n) is 6.08. The monoisotopic (exact) mass is 280 g/mol. The molecule has 0 aliphatic rings. The molecule has 0 saturated carbocycles. The van der Waals surface area contributed by atoms with Gasteiger partial charge in [-0.15, -0.1) is 0 Å². The zero-order valence-corrected chi connectivity index (χ0v) is 12.6. The molecule has 108 valence electrons. The highest BCUT2D eigenvalue weighted by molar-refractivity contribution is 7.87. The van der Waals surface area contributed by atoms with Crippen LogP contribution in [-0.2, 0) is 19.7 Å². The molecule has 0 aromatic heterocycles. The van der Waals surface area contributed by atoms with Gasteiger partial charge in [0, 0.05) is 20.1 Å². The Morgan fingerprint density at radius 1 is 1.33 bits per heavy atom. The first-order valence-corrected chi connectivity index (χ1v) is 7.52. The van der Waals surface area contributed by atoms with Crippen LogP contribution < -0.4 is 4.72 Å². The molecule has 0 saturated heterocycles. The van der Waals surface area contributed by atoms with Gasteiger partial charge >= 0.3 is 5.97 Å². The van der Waals surface area contributed by atoms with Crippen LogP contribution in [0.15, 0.2) is 0 Å². The van der Waals surface area contributed by atoms with Crippen LogP contribution in [0.4, 0.5) is 0 Å². The number of carbonyl (C=O) groups is 1. The highest BCUT2D eigenvalue weighted by atomic mass is 32.2. The Labute approximate surface area is 110 Å². The van der Waals surface area contributed by atoms with Crippen LogP contribution in [0.5, 0.6) is 0 Å². The average Bonchev–Trinajstić information content (AvgIpc) is 2.25. The molecular weight excluding hydrogens is 256 g/mol. The third kappa shape index (κ3) is 6.32. The van der Waals surface area contributed by atoms with Gasteiger partial charge in [-0.05, 0) is 12.8 Å². The third-order valence-electron chi connectivity index (χ3n) is 2.29. The molecule has 0 heterocycles. The van der Waals surface area contributed by atoms with Gasteiger partial charge in [0.1, 0.15) is 0 Å². The van der Waals surface area contributed by atoms with E-state index in [0.717, 1.165) is 0 Å². The fraction of sp³-hybridized carbons (Fsp3) is 0.909. The van der Waals surface area contributed by atoms with Crippen LogP contribution in [0.3, 0.4) is 0 Å². The summed E-state index contributed by atoms with van der Waals surface area (Å²) >= 11 is 0. The van der Waals surface area contributed by atoms with Crippen molar-refractivity contribution in [2.45, 2.75) is 27.7 Å². The highest BCUT2D eigenvalue weighted by Crippen LogP contribution is 2.03. The summed E-state index contributed by atoms with van der Waals surface area (Å²) < 4.78 is 32.1. The second kappa shape index (κ2) is 7.70. The van der Waals surface area contributed by atoms with E-state index in [-0.39, 0.29) is 12.5 Å². The first-order chi connectivity index (χ1) is 8.20. The number of hydrogen-bond donors (Lipinski definition) is 1. The van der Waals surface area contributed by atoms with Crippen molar-refractivity contribution in [1.82, 2.24) is 9.03 Å². The van der Waals surface area contributed by atoms with E-state index >= 15 is 0 Å². The lowest BCUT2D eigenvalue weighted by Gasteiger charge is -2.20. The van der Waals surface area contributed by atoms with E-state index in [2.05, 4.69) is 4.72 Å². The molecule has 0 amide bonds. The third-order valence-corrected chi connectivity index (χ3v) is 3.79. The summed E-state index contributed by atoms with van der Waals surface area (Å²) in [5, 5.41) is 0. The van der Waals surface area contributed by atoms with E-state index in [1.165, 1.54) is 11.4 Å². The van der Waals surface area contributed by atoms with E-state index in [9.17, 15) is 13.2 Å². The van der Waals surface area contributed by atoms with Crippen LogP contribution in [-0.4, -0.2) is 45.4 Å². The Morgan fingerprint density at radius 2 is 1.89 bits per heavy atom. The Morgan fingerprint density at radius 3 is 2.33 bits per heavy atom. The lowest BCUT2D eigenvalue weighted by Crippen LogP contribution is -2.42. The van der Waals surface area contributed by atoms with Gasteiger partial charge in [0.15, 0.2) is 0 Å². The molecule has 0 radical (unpaired) electrons. The largest absolute Gasteiger partial charge is 0.466 e. The molecule has 0 spiro atoms. The Hall–Kier alpha value is -0.660. The van der Waals surface area contributed by atoms with E-state index in [1.54, 1.807) is 13.8 Å². The lowest BCUT2D eigenvalue weighted by atomic mass is 10.2. The van der Waals surface area contributed by atoms with Gasteiger partial charge in [0.2, 0.25) is 0 Å². The summed E-state index contributed by atoms with van der Waals surface area (Å²) in [6, 6.07) is 0. The Kier molecular flexibility index (Phi) is 7.42. The van der Waals surface area contributed by atoms with E-state index in [4.69, 9.17) is 4.74 Å². The summed E-state index contributed by atoms with van der Waals surface area (Å²) in [5.41, 5.74) is 0. The maximum absolute atomic E-state index is 11.8. The van der Waals surface area contributed by atoms with Gasteiger partial charge in [0.25, 0.3) is 10.2 Å². The van der Waals surface area contributed by atoms with E-state index < -0.39 is 22.1 Å². The molecule has 0 rings (SSSR count). The second-order valence-electron chi connectivity index (χ2n) is 4.68. The maximum atomic E-state index is 11.8. The average molecular weight is 280 g/mol. The van der Waals surface area contributed by atoms with Crippen molar-refractivity contribution in [2.24, 2.45) is 11.8 Å². The van der Waals surface area contributed by atoms with Crippen molar-refractivity contribution in [3.63, 3.8) is 0 Å². The lowest BCUT2D eigenvalue weighted by molar-refractivity contribution is -0.147. The van der Waals surface area contributed by atoms with E-state index in [1.807, 2.05) is 13.8 Å². The summed E-state index contributed by atoms with van der Waals surface area (Å²) in [4.78, 5) is 11.3. The molecule has 0 aromatic rings. The zero-order chi connectivity index (χ0) is 14.3. The highest BCUT2D eigenvalue weighted by Gasteiger charge is 2.21. The van der Waals surface area contributed by atoms with Crippen molar-refractivity contribution in [2.75, 3.05) is 26.7 Å². The molecule has 0 aliphatic heterocycles. The van der Waals surface area contributed by atoms with Crippen LogP contribution in [0.1, 0.15) is 27.7 Å². The molecule has 18 heavy (non-hydrogen) atoms. The number of carbonyl (C=O) groups excluding carboxylic acids is 1. The number of nitrogens with zero attached hydrogens (tertiary/aromatic N) is 1. The Balaban J connectivity index is 4.30. The topological polar surface area (TPSA) is 75.7 Å². The predicted octanol–water partition coefficient (Wildman–Crippen LogP) is 0.608. The van der Waals surface area contributed by atoms with Crippen molar-refractivity contribution in [3.8, 4) is 0 Å². The fourth-order valence-corrected chi connectivity index (χ4v) is 2.50. The molecule has 1 unspecified atom stereocenters. The minimum absolute atomic E-state index is 0.0452. The van der Waals surface area contributed by atoms with Gasteiger partial charge in [-0.1, -0.05) is 20.8 Å². The molecule has 7 heteroatoms. The summed E-state index contributed by atoms with van der Waals surface area (Å²) in [6.45, 7) is 7.99. The van der Waals surface area contributed by atoms with Crippen molar-refractivity contribution >= 4 is 16.2 Å². The standard InChI is InChI=1S/C11H24N2O4S/c1-6-17-11(14)10(4)7-12-18(15,16)13(5)8-9(2)3/h9-10,12H,6-8H2,1-5H3. The predicted molar refractivity (Wildman–Crippen MR) is 70.2 cm³/mol. The SMILES string of the molecule is CCOC(=O)C(C)CNS(=O)(=O)N(C)CC(C)C. The van der Waals surface area contributed by atoms with Crippen LogP contribution in [0, 0.1) is 11.8 Å². The minimum Gasteiger partial charge on any atom is -0.466 e. The van der Waals surface area contributed by atoms with Gasteiger partial charge in [-0.25, -0.2) is 4.72 Å². The quantitative estimate of drug-likeness (QED) is 0.661. The first kappa shape index (κ1) is 17.3. The molecule has 1 atom stereocenters. The zero-order valence-electron chi connectivity index (χ0n) is 11.8. The van der Waals surface area contributed by atoms with Crippen LogP contribution in [0.25, 0.3) is 0 Å². The molecule has 0 bridgehead atoms. The van der Waals surface area contributed by atoms with Gasteiger partial charge in [-0.3, -0.25) is 4.79 Å². The fourth-order valence-electron chi connectivity index (χ4n) is 1.32. The van der Waals surface area contributed by atoms with Gasteiger partial charge in [0.05, 0.1) is 12.5 Å². The summed E-state index contributed by atoms with van der Waals surface area (Å²) in [5.74, 6) is -0.645. The smallest absolute Gasteiger partial charge is 0.309 e. The molecule has 0 aromatic carbocycles. The van der Waals surface area contributed by atoms with Crippen LogP contribution in [0.2, 0.25) is 0 Å². The molecular formula is C11H24N2O4S. The number of hydrogen-bond acceptors (Lipinski definition) is 4. The van der Waals surface area contributed by atoms with Gasteiger partial charge < -0.3 is 4.74 Å². The maximum Gasteiger partial charge on any atom is 0.309 e. The normalized spacial score (nSPS) is 13.9. The van der Waals surface area contributed by atoms with Crippen molar-refractivity contribution in [1.29, 1.82) is 0 Å². The molecule has 6 nitrogen and oxygen atoms in total. The number of rotatable bonds is 8. The van der Waals surface area contributed by atoms with Crippen molar-refractivity contribution in [3.05, 3.63) is 0 Å². The summed E-state index contributed by atoms with van der Waals surface area (Å²) in [6.07, 6.45) is 0. The molecule has 0 aliphatic carbocycles. The summed E-state index contributed by atoms with van der Waals surface area (Å²) in [7, 11) is -2.01. The Bertz CT molecular complexity index is 354. The van der Waals surface area contributed by atoms with E-state index in [0.29, 0.717) is 13.2 Å². The van der Waals surface area contributed by atoms with Crippen LogP contribution >= 0.6 is 0 Å². The molecule has 0 fully saturated rings.